The molecule has 0 saturated carbocycles. The number of amides is 1. The Morgan fingerprint density at radius 1 is 0.962 bits per heavy atom. The zero-order valence-corrected chi connectivity index (χ0v) is 15.7. The smallest absolute Gasteiger partial charge is 0.306 e. The van der Waals surface area contributed by atoms with Gasteiger partial charge in [-0.1, -0.05) is 75.4 Å². The van der Waals surface area contributed by atoms with Gasteiger partial charge in [0.05, 0.1) is 6.42 Å². The molecule has 0 aromatic heterocycles. The van der Waals surface area contributed by atoms with Crippen LogP contribution >= 0.6 is 0 Å². The maximum absolute atomic E-state index is 12.2. The summed E-state index contributed by atoms with van der Waals surface area (Å²) in [6, 6.07) is 17.5. The van der Waals surface area contributed by atoms with E-state index in [4.69, 9.17) is 10.5 Å². The van der Waals surface area contributed by atoms with Crippen molar-refractivity contribution in [1.29, 1.82) is 0 Å². The number of benzene rings is 2. The van der Waals surface area contributed by atoms with Crippen molar-refractivity contribution in [2.75, 3.05) is 0 Å². The van der Waals surface area contributed by atoms with Gasteiger partial charge in [0.2, 0.25) is 5.91 Å². The molecule has 138 valence electrons. The van der Waals surface area contributed by atoms with Crippen molar-refractivity contribution < 1.29 is 14.3 Å². The quantitative estimate of drug-likeness (QED) is 0.763. The van der Waals surface area contributed by atoms with Crippen molar-refractivity contribution in [3.63, 3.8) is 0 Å². The van der Waals surface area contributed by atoms with Crippen molar-refractivity contribution in [3.05, 3.63) is 71.3 Å². The normalized spacial score (nSPS) is 12.4. The number of esters is 1. The van der Waals surface area contributed by atoms with Gasteiger partial charge in [0.25, 0.3) is 0 Å². The number of ether oxygens (including phenoxy) is 1. The molecule has 0 heterocycles. The first-order valence-electron chi connectivity index (χ1n) is 8.84. The lowest BCUT2D eigenvalue weighted by Crippen LogP contribution is -2.18. The molecule has 4 nitrogen and oxygen atoms in total. The predicted molar refractivity (Wildman–Crippen MR) is 103 cm³/mol. The van der Waals surface area contributed by atoms with E-state index in [9.17, 15) is 9.59 Å². The molecule has 0 fully saturated rings. The Labute approximate surface area is 155 Å². The Morgan fingerprint density at radius 2 is 1.58 bits per heavy atom. The highest BCUT2D eigenvalue weighted by molar-refractivity contribution is 5.77. The van der Waals surface area contributed by atoms with E-state index in [2.05, 4.69) is 32.9 Å². The first kappa shape index (κ1) is 19.7. The van der Waals surface area contributed by atoms with Gasteiger partial charge in [-0.15, -0.1) is 0 Å². The van der Waals surface area contributed by atoms with Crippen LogP contribution in [-0.2, 0) is 26.3 Å². The molecule has 2 rings (SSSR count). The molecular weight excluding hydrogens is 326 g/mol. The maximum atomic E-state index is 12.2. The number of carbonyl (C=O) groups excluding carboxylic acids is 2. The SMILES string of the molecule is CC(C)(C)c1ccc(COC(=O)CC(CC(N)=O)c2ccccc2)cc1. The van der Waals surface area contributed by atoms with E-state index in [0.29, 0.717) is 0 Å². The molecule has 2 N–H and O–H groups in total. The van der Waals surface area contributed by atoms with Gasteiger partial charge in [-0.2, -0.15) is 0 Å². The third kappa shape index (κ3) is 6.03. The van der Waals surface area contributed by atoms with Gasteiger partial charge in [-0.25, -0.2) is 0 Å². The molecule has 4 heteroatoms. The van der Waals surface area contributed by atoms with Crippen LogP contribution in [0.3, 0.4) is 0 Å². The largest absolute Gasteiger partial charge is 0.461 e. The fourth-order valence-corrected chi connectivity index (χ4v) is 2.80. The number of nitrogens with two attached hydrogens (primary N) is 1. The second-order valence-corrected chi connectivity index (χ2v) is 7.59. The Bertz CT molecular complexity index is 730. The van der Waals surface area contributed by atoms with Crippen molar-refractivity contribution in [2.45, 2.75) is 51.6 Å². The van der Waals surface area contributed by atoms with Crippen LogP contribution in [0.2, 0.25) is 0 Å². The molecule has 0 bridgehead atoms. The minimum atomic E-state index is -0.426. The number of hydrogen-bond acceptors (Lipinski definition) is 3. The molecule has 0 aliphatic carbocycles. The molecule has 1 amide bonds. The average Bonchev–Trinajstić information content (AvgIpc) is 2.59. The summed E-state index contributed by atoms with van der Waals surface area (Å²) in [5, 5.41) is 0. The minimum absolute atomic E-state index is 0.0902. The summed E-state index contributed by atoms with van der Waals surface area (Å²) in [6.07, 6.45) is 0.256. The molecule has 2 aromatic rings. The summed E-state index contributed by atoms with van der Waals surface area (Å²) >= 11 is 0. The lowest BCUT2D eigenvalue weighted by Gasteiger charge is -2.19. The first-order chi connectivity index (χ1) is 12.3. The van der Waals surface area contributed by atoms with Gasteiger partial charge in [0.15, 0.2) is 0 Å². The topological polar surface area (TPSA) is 69.4 Å². The molecule has 0 spiro atoms. The summed E-state index contributed by atoms with van der Waals surface area (Å²) in [6.45, 7) is 6.70. The Morgan fingerprint density at radius 3 is 2.12 bits per heavy atom. The van der Waals surface area contributed by atoms with Crippen LogP contribution in [0.15, 0.2) is 54.6 Å². The van der Waals surface area contributed by atoms with Crippen molar-refractivity contribution >= 4 is 11.9 Å². The van der Waals surface area contributed by atoms with Gasteiger partial charge in [0.1, 0.15) is 6.61 Å². The number of primary amides is 1. The monoisotopic (exact) mass is 353 g/mol. The standard InChI is InChI=1S/C22H27NO3/c1-22(2,3)19-11-9-16(10-12-19)15-26-21(25)14-18(13-20(23)24)17-7-5-4-6-8-17/h4-12,18H,13-15H2,1-3H3,(H2,23,24). The van der Waals surface area contributed by atoms with Gasteiger partial charge in [0, 0.05) is 12.3 Å². The molecule has 2 aromatic carbocycles. The zero-order valence-electron chi connectivity index (χ0n) is 15.7. The van der Waals surface area contributed by atoms with E-state index >= 15 is 0 Å². The van der Waals surface area contributed by atoms with Gasteiger partial charge >= 0.3 is 5.97 Å². The average molecular weight is 353 g/mol. The van der Waals surface area contributed by atoms with Crippen LogP contribution in [0.5, 0.6) is 0 Å². The summed E-state index contributed by atoms with van der Waals surface area (Å²) in [5.41, 5.74) is 8.51. The van der Waals surface area contributed by atoms with Crippen LogP contribution in [0.1, 0.15) is 56.2 Å². The zero-order chi connectivity index (χ0) is 19.2. The number of carbonyl (C=O) groups is 2. The Hall–Kier alpha value is -2.62. The predicted octanol–water partition coefficient (Wildman–Crippen LogP) is 4.08. The lowest BCUT2D eigenvalue weighted by molar-refractivity contribution is -0.145. The lowest BCUT2D eigenvalue weighted by atomic mass is 9.87. The molecule has 26 heavy (non-hydrogen) atoms. The van der Waals surface area contributed by atoms with E-state index in [-0.39, 0.29) is 36.8 Å². The Balaban J connectivity index is 1.94. The highest BCUT2D eigenvalue weighted by Crippen LogP contribution is 2.25. The van der Waals surface area contributed by atoms with E-state index in [1.807, 2.05) is 42.5 Å². The second kappa shape index (κ2) is 8.65. The Kier molecular flexibility index (Phi) is 6.56. The number of hydrogen-bond donors (Lipinski definition) is 1. The minimum Gasteiger partial charge on any atom is -0.461 e. The van der Waals surface area contributed by atoms with Crippen LogP contribution in [0, 0.1) is 0 Å². The maximum Gasteiger partial charge on any atom is 0.306 e. The van der Waals surface area contributed by atoms with Crippen molar-refractivity contribution in [3.8, 4) is 0 Å². The highest BCUT2D eigenvalue weighted by Gasteiger charge is 2.19. The van der Waals surface area contributed by atoms with Gasteiger partial charge < -0.3 is 10.5 Å². The second-order valence-electron chi connectivity index (χ2n) is 7.59. The highest BCUT2D eigenvalue weighted by atomic mass is 16.5. The molecule has 0 aliphatic heterocycles. The van der Waals surface area contributed by atoms with Crippen LogP contribution in [0.4, 0.5) is 0 Å². The van der Waals surface area contributed by atoms with E-state index < -0.39 is 5.91 Å². The third-order valence-corrected chi connectivity index (χ3v) is 4.35. The van der Waals surface area contributed by atoms with Crippen LogP contribution in [-0.4, -0.2) is 11.9 Å². The fourth-order valence-electron chi connectivity index (χ4n) is 2.80. The van der Waals surface area contributed by atoms with Crippen LogP contribution < -0.4 is 5.73 Å². The van der Waals surface area contributed by atoms with Gasteiger partial charge in [-0.05, 0) is 22.1 Å². The first-order valence-corrected chi connectivity index (χ1v) is 8.84. The van der Waals surface area contributed by atoms with Crippen molar-refractivity contribution in [2.24, 2.45) is 5.73 Å². The molecule has 1 unspecified atom stereocenters. The molecule has 0 radical (unpaired) electrons. The third-order valence-electron chi connectivity index (χ3n) is 4.35. The molecular formula is C22H27NO3. The summed E-state index contributed by atoms with van der Waals surface area (Å²) in [4.78, 5) is 23.6. The van der Waals surface area contributed by atoms with E-state index in [1.165, 1.54) is 5.56 Å². The summed E-state index contributed by atoms with van der Waals surface area (Å²) < 4.78 is 5.40. The fraction of sp³-hybridized carbons (Fsp3) is 0.364. The number of rotatable bonds is 7. The van der Waals surface area contributed by atoms with Gasteiger partial charge in [-0.3, -0.25) is 9.59 Å². The van der Waals surface area contributed by atoms with E-state index in [0.717, 1.165) is 11.1 Å². The van der Waals surface area contributed by atoms with Crippen molar-refractivity contribution in [1.82, 2.24) is 0 Å². The molecule has 1 atom stereocenters. The summed E-state index contributed by atoms with van der Waals surface area (Å²) in [5.74, 6) is -1.02. The summed E-state index contributed by atoms with van der Waals surface area (Å²) in [7, 11) is 0. The molecule has 0 saturated heterocycles. The van der Waals surface area contributed by atoms with Crippen LogP contribution in [0.25, 0.3) is 0 Å². The van der Waals surface area contributed by atoms with E-state index in [1.54, 1.807) is 0 Å². The molecule has 0 aliphatic rings.